The van der Waals surface area contributed by atoms with Gasteiger partial charge in [0.1, 0.15) is 0 Å². The number of halogens is 2. The maximum Gasteiger partial charge on any atom is 0.254 e. The third kappa shape index (κ3) is 3.62. The average Bonchev–Trinajstić information content (AvgIpc) is 2.84. The zero-order chi connectivity index (χ0) is 14.7. The second-order valence-electron chi connectivity index (χ2n) is 4.26. The first-order valence-corrected chi connectivity index (χ1v) is 8.50. The number of nitrogens with two attached hydrogens (primary N) is 1. The van der Waals surface area contributed by atoms with Gasteiger partial charge in [-0.3, -0.25) is 4.79 Å². The Morgan fingerprint density at radius 3 is 2.60 bits per heavy atom. The number of thiophene rings is 1. The fraction of sp³-hybridized carbons (Fsp3) is 0.214. The van der Waals surface area contributed by atoms with Gasteiger partial charge in [-0.05, 0) is 69.1 Å². The van der Waals surface area contributed by atoms with Gasteiger partial charge in [-0.2, -0.15) is 0 Å². The van der Waals surface area contributed by atoms with Gasteiger partial charge in [0, 0.05) is 27.1 Å². The molecule has 0 aliphatic heterocycles. The highest BCUT2D eigenvalue weighted by Crippen LogP contribution is 2.25. The van der Waals surface area contributed by atoms with Crippen LogP contribution in [0.4, 0.5) is 5.69 Å². The van der Waals surface area contributed by atoms with Gasteiger partial charge in [-0.15, -0.1) is 11.3 Å². The molecule has 2 aromatic rings. The highest BCUT2D eigenvalue weighted by molar-refractivity contribution is 9.11. The molecule has 2 N–H and O–H groups in total. The van der Waals surface area contributed by atoms with Crippen LogP contribution in [0.1, 0.15) is 22.2 Å². The van der Waals surface area contributed by atoms with Gasteiger partial charge in [-0.1, -0.05) is 0 Å². The lowest BCUT2D eigenvalue weighted by molar-refractivity contribution is 0.0754. The van der Waals surface area contributed by atoms with Crippen molar-refractivity contribution in [2.24, 2.45) is 0 Å². The van der Waals surface area contributed by atoms with Gasteiger partial charge >= 0.3 is 0 Å². The molecule has 1 aromatic carbocycles. The molecular weight excluding hydrogens is 404 g/mol. The number of hydrogen-bond acceptors (Lipinski definition) is 3. The number of rotatable bonds is 4. The smallest absolute Gasteiger partial charge is 0.254 e. The van der Waals surface area contributed by atoms with Gasteiger partial charge in [0.25, 0.3) is 5.91 Å². The molecule has 0 bridgehead atoms. The minimum absolute atomic E-state index is 0.0118. The lowest BCUT2D eigenvalue weighted by Crippen LogP contribution is -2.30. The molecule has 20 heavy (non-hydrogen) atoms. The Bertz CT molecular complexity index is 627. The van der Waals surface area contributed by atoms with E-state index in [1.807, 2.05) is 24.0 Å². The molecule has 0 radical (unpaired) electrons. The summed E-state index contributed by atoms with van der Waals surface area (Å²) >= 11 is 8.44. The first-order chi connectivity index (χ1) is 9.51. The molecule has 0 fully saturated rings. The van der Waals surface area contributed by atoms with Crippen LogP contribution in [0.15, 0.2) is 38.6 Å². The van der Waals surface area contributed by atoms with Crippen LogP contribution >= 0.6 is 43.2 Å². The number of amides is 1. The fourth-order valence-corrected chi connectivity index (χ4v) is 3.67. The molecule has 0 unspecified atom stereocenters. The van der Waals surface area contributed by atoms with Crippen molar-refractivity contribution < 1.29 is 4.79 Å². The van der Waals surface area contributed by atoms with E-state index in [0.29, 0.717) is 24.3 Å². The van der Waals surface area contributed by atoms with E-state index in [4.69, 9.17) is 5.73 Å². The van der Waals surface area contributed by atoms with E-state index in [-0.39, 0.29) is 5.91 Å². The van der Waals surface area contributed by atoms with Crippen LogP contribution < -0.4 is 5.73 Å². The molecule has 0 atom stereocenters. The lowest BCUT2D eigenvalue weighted by atomic mass is 10.2. The highest BCUT2D eigenvalue weighted by Gasteiger charge is 2.16. The number of carbonyl (C=O) groups excluding carboxylic acids is 1. The molecule has 2 rings (SSSR count). The van der Waals surface area contributed by atoms with Crippen LogP contribution in [-0.4, -0.2) is 17.4 Å². The summed E-state index contributed by atoms with van der Waals surface area (Å²) in [6, 6.07) is 9.30. The molecule has 1 aromatic heterocycles. The standard InChI is InChI=1S/C14H14Br2N2OS/c1-2-18(8-10-4-6-13(16)20-10)14(19)9-3-5-12(17)11(15)7-9/h3-7H,2,8,17H2,1H3. The first-order valence-electron chi connectivity index (χ1n) is 6.09. The van der Waals surface area contributed by atoms with Crippen molar-refractivity contribution >= 4 is 54.8 Å². The third-order valence-corrected chi connectivity index (χ3v) is 5.19. The second-order valence-corrected chi connectivity index (χ2v) is 7.66. The molecule has 0 aliphatic rings. The second kappa shape index (κ2) is 6.74. The summed E-state index contributed by atoms with van der Waals surface area (Å²) in [5.41, 5.74) is 7.02. The normalized spacial score (nSPS) is 10.6. The monoisotopic (exact) mass is 416 g/mol. The number of benzene rings is 1. The summed E-state index contributed by atoms with van der Waals surface area (Å²) in [7, 11) is 0. The van der Waals surface area contributed by atoms with E-state index in [0.717, 1.165) is 13.1 Å². The van der Waals surface area contributed by atoms with E-state index < -0.39 is 0 Å². The predicted octanol–water partition coefficient (Wildman–Crippen LogP) is 4.52. The van der Waals surface area contributed by atoms with Gasteiger partial charge < -0.3 is 10.6 Å². The highest BCUT2D eigenvalue weighted by atomic mass is 79.9. The van der Waals surface area contributed by atoms with Gasteiger partial charge in [0.2, 0.25) is 0 Å². The van der Waals surface area contributed by atoms with Crippen LogP contribution in [0.3, 0.4) is 0 Å². The molecule has 3 nitrogen and oxygen atoms in total. The maximum absolute atomic E-state index is 12.5. The Morgan fingerprint density at radius 1 is 1.30 bits per heavy atom. The number of carbonyl (C=O) groups is 1. The van der Waals surface area contributed by atoms with Crippen LogP contribution in [0, 0.1) is 0 Å². The zero-order valence-corrected chi connectivity index (χ0v) is 14.9. The minimum atomic E-state index is 0.0118. The largest absolute Gasteiger partial charge is 0.398 e. The maximum atomic E-state index is 12.5. The van der Waals surface area contributed by atoms with Crippen molar-refractivity contribution in [3.05, 3.63) is 49.0 Å². The number of anilines is 1. The number of nitrogen functional groups attached to an aromatic ring is 1. The van der Waals surface area contributed by atoms with Crippen LogP contribution in [-0.2, 0) is 6.54 Å². The molecule has 0 spiro atoms. The van der Waals surface area contributed by atoms with Crippen LogP contribution in [0.2, 0.25) is 0 Å². The van der Waals surface area contributed by atoms with E-state index in [2.05, 4.69) is 31.9 Å². The Kier molecular flexibility index (Phi) is 5.23. The van der Waals surface area contributed by atoms with Crippen molar-refractivity contribution in [3.63, 3.8) is 0 Å². The van der Waals surface area contributed by atoms with Crippen LogP contribution in [0.25, 0.3) is 0 Å². The van der Waals surface area contributed by atoms with E-state index in [1.54, 1.807) is 29.5 Å². The summed E-state index contributed by atoms with van der Waals surface area (Å²) in [4.78, 5) is 15.5. The summed E-state index contributed by atoms with van der Waals surface area (Å²) in [6.07, 6.45) is 0. The van der Waals surface area contributed by atoms with Crippen LogP contribution in [0.5, 0.6) is 0 Å². The van der Waals surface area contributed by atoms with Gasteiger partial charge in [0.05, 0.1) is 10.3 Å². The SMILES string of the molecule is CCN(Cc1ccc(Br)s1)C(=O)c1ccc(N)c(Br)c1. The van der Waals surface area contributed by atoms with Gasteiger partial charge in [-0.25, -0.2) is 0 Å². The summed E-state index contributed by atoms with van der Waals surface area (Å²) < 4.78 is 1.82. The van der Waals surface area contributed by atoms with Crippen molar-refractivity contribution in [1.29, 1.82) is 0 Å². The Balaban J connectivity index is 2.18. The first kappa shape index (κ1) is 15.5. The lowest BCUT2D eigenvalue weighted by Gasteiger charge is -2.20. The molecule has 6 heteroatoms. The molecule has 1 heterocycles. The predicted molar refractivity (Wildman–Crippen MR) is 91.0 cm³/mol. The molecule has 0 aliphatic carbocycles. The fourth-order valence-electron chi connectivity index (χ4n) is 1.79. The Labute approximate surface area is 139 Å². The minimum Gasteiger partial charge on any atom is -0.398 e. The summed E-state index contributed by atoms with van der Waals surface area (Å²) in [6.45, 7) is 3.26. The summed E-state index contributed by atoms with van der Waals surface area (Å²) in [5.74, 6) is 0.0118. The van der Waals surface area contributed by atoms with E-state index >= 15 is 0 Å². The Hall–Kier alpha value is -0.850. The summed E-state index contributed by atoms with van der Waals surface area (Å²) in [5, 5.41) is 0. The third-order valence-electron chi connectivity index (χ3n) is 2.89. The topological polar surface area (TPSA) is 46.3 Å². The van der Waals surface area contributed by atoms with Crippen molar-refractivity contribution in [1.82, 2.24) is 4.90 Å². The van der Waals surface area contributed by atoms with Gasteiger partial charge in [0.15, 0.2) is 0 Å². The zero-order valence-electron chi connectivity index (χ0n) is 10.9. The molecule has 1 amide bonds. The van der Waals surface area contributed by atoms with Crippen molar-refractivity contribution in [3.8, 4) is 0 Å². The molecule has 106 valence electrons. The van der Waals surface area contributed by atoms with E-state index in [1.165, 1.54) is 0 Å². The molecule has 0 saturated heterocycles. The molecule has 0 saturated carbocycles. The Morgan fingerprint density at radius 2 is 2.05 bits per heavy atom. The number of hydrogen-bond donors (Lipinski definition) is 1. The average molecular weight is 418 g/mol. The molecular formula is C14H14Br2N2OS. The quantitative estimate of drug-likeness (QED) is 0.743. The number of nitrogens with zero attached hydrogens (tertiary/aromatic N) is 1. The van der Waals surface area contributed by atoms with Crippen molar-refractivity contribution in [2.75, 3.05) is 12.3 Å². The van der Waals surface area contributed by atoms with E-state index in [9.17, 15) is 4.79 Å². The van der Waals surface area contributed by atoms with Crippen molar-refractivity contribution in [2.45, 2.75) is 13.5 Å².